The van der Waals surface area contributed by atoms with Crippen LogP contribution in [-0.2, 0) is 6.42 Å². The first-order chi connectivity index (χ1) is 9.15. The molecule has 0 radical (unpaired) electrons. The molecule has 2 rings (SSSR count). The number of anilines is 1. The van der Waals surface area contributed by atoms with Crippen molar-refractivity contribution in [3.05, 3.63) is 64.7 Å². The number of nitrogens with one attached hydrogen (secondary N) is 1. The number of benzene rings is 2. The molecule has 0 amide bonds. The van der Waals surface area contributed by atoms with Crippen molar-refractivity contribution in [1.82, 2.24) is 0 Å². The first-order valence-corrected chi connectivity index (χ1v) is 7.02. The van der Waals surface area contributed by atoms with Gasteiger partial charge < -0.3 is 5.32 Å². The van der Waals surface area contributed by atoms with Crippen molar-refractivity contribution in [2.24, 2.45) is 0 Å². The minimum absolute atomic E-state index is 0.429. The van der Waals surface area contributed by atoms with E-state index < -0.39 is 0 Å². The quantitative estimate of drug-likeness (QED) is 0.829. The SMILES string of the molecule is CCc1ccc(C(C)c2ccc(C)c(NC)c2)cc1. The van der Waals surface area contributed by atoms with Crippen LogP contribution >= 0.6 is 0 Å². The van der Waals surface area contributed by atoms with E-state index >= 15 is 0 Å². The summed E-state index contributed by atoms with van der Waals surface area (Å²) < 4.78 is 0. The largest absolute Gasteiger partial charge is 0.388 e. The molecule has 2 aromatic carbocycles. The minimum atomic E-state index is 0.429. The van der Waals surface area contributed by atoms with E-state index in [-0.39, 0.29) is 0 Å². The fraction of sp³-hybridized carbons (Fsp3) is 0.333. The summed E-state index contributed by atoms with van der Waals surface area (Å²) in [6.07, 6.45) is 1.10. The highest BCUT2D eigenvalue weighted by Gasteiger charge is 2.09. The summed E-state index contributed by atoms with van der Waals surface area (Å²) in [6.45, 7) is 6.60. The van der Waals surface area contributed by atoms with E-state index in [1.54, 1.807) is 0 Å². The maximum atomic E-state index is 3.26. The molecular formula is C18H23N. The van der Waals surface area contributed by atoms with Crippen molar-refractivity contribution in [3.8, 4) is 0 Å². The van der Waals surface area contributed by atoms with E-state index in [4.69, 9.17) is 0 Å². The van der Waals surface area contributed by atoms with Crippen molar-refractivity contribution in [2.75, 3.05) is 12.4 Å². The van der Waals surface area contributed by atoms with Crippen molar-refractivity contribution >= 4 is 5.69 Å². The Morgan fingerprint density at radius 1 is 1.00 bits per heavy atom. The normalized spacial score (nSPS) is 12.2. The second-order valence-corrected chi connectivity index (χ2v) is 5.14. The summed E-state index contributed by atoms with van der Waals surface area (Å²) in [6, 6.07) is 15.7. The second-order valence-electron chi connectivity index (χ2n) is 5.14. The van der Waals surface area contributed by atoms with Gasteiger partial charge in [-0.2, -0.15) is 0 Å². The molecule has 2 aromatic rings. The molecule has 0 fully saturated rings. The molecule has 1 nitrogen and oxygen atoms in total. The molecule has 1 heteroatoms. The molecule has 0 aliphatic rings. The zero-order chi connectivity index (χ0) is 13.8. The molecule has 0 spiro atoms. The molecular weight excluding hydrogens is 230 g/mol. The zero-order valence-corrected chi connectivity index (χ0v) is 12.3. The van der Waals surface area contributed by atoms with Crippen LogP contribution in [0.15, 0.2) is 42.5 Å². The fourth-order valence-corrected chi connectivity index (χ4v) is 2.41. The van der Waals surface area contributed by atoms with Crippen LogP contribution in [0, 0.1) is 6.92 Å². The number of rotatable bonds is 4. The van der Waals surface area contributed by atoms with Crippen LogP contribution < -0.4 is 5.32 Å². The van der Waals surface area contributed by atoms with Crippen LogP contribution in [0.4, 0.5) is 5.69 Å². The van der Waals surface area contributed by atoms with Gasteiger partial charge in [-0.1, -0.05) is 50.2 Å². The predicted octanol–water partition coefficient (Wildman–Crippen LogP) is 4.75. The molecule has 19 heavy (non-hydrogen) atoms. The number of aryl methyl sites for hydroxylation is 2. The Bertz CT molecular complexity index is 540. The van der Waals surface area contributed by atoms with Gasteiger partial charge >= 0.3 is 0 Å². The lowest BCUT2D eigenvalue weighted by molar-refractivity contribution is 0.919. The lowest BCUT2D eigenvalue weighted by atomic mass is 9.91. The third-order valence-electron chi connectivity index (χ3n) is 3.92. The van der Waals surface area contributed by atoms with Crippen LogP contribution in [0.3, 0.4) is 0 Å². The van der Waals surface area contributed by atoms with Crippen molar-refractivity contribution in [3.63, 3.8) is 0 Å². The fourth-order valence-electron chi connectivity index (χ4n) is 2.41. The van der Waals surface area contributed by atoms with Crippen LogP contribution in [0.1, 0.15) is 42.0 Å². The molecule has 0 bridgehead atoms. The zero-order valence-electron chi connectivity index (χ0n) is 12.3. The van der Waals surface area contributed by atoms with E-state index in [1.807, 2.05) is 7.05 Å². The predicted molar refractivity (Wildman–Crippen MR) is 84.1 cm³/mol. The Labute approximate surface area is 116 Å². The molecule has 100 valence electrons. The summed E-state index contributed by atoms with van der Waals surface area (Å²) in [7, 11) is 1.98. The third kappa shape index (κ3) is 2.98. The van der Waals surface area contributed by atoms with Gasteiger partial charge in [0.15, 0.2) is 0 Å². The van der Waals surface area contributed by atoms with Crippen LogP contribution in [0.25, 0.3) is 0 Å². The average molecular weight is 253 g/mol. The van der Waals surface area contributed by atoms with Crippen LogP contribution in [0.5, 0.6) is 0 Å². The highest BCUT2D eigenvalue weighted by Crippen LogP contribution is 2.27. The van der Waals surface area contributed by atoms with Gasteiger partial charge in [-0.25, -0.2) is 0 Å². The first kappa shape index (κ1) is 13.7. The topological polar surface area (TPSA) is 12.0 Å². The van der Waals surface area contributed by atoms with E-state index in [0.717, 1.165) is 6.42 Å². The standard InChI is InChI=1S/C18H23N/c1-5-15-7-10-16(11-8-15)14(3)17-9-6-13(2)18(12-17)19-4/h6-12,14,19H,5H2,1-4H3. The van der Waals surface area contributed by atoms with Gasteiger partial charge in [-0.05, 0) is 41.7 Å². The minimum Gasteiger partial charge on any atom is -0.388 e. The summed E-state index contributed by atoms with van der Waals surface area (Å²) >= 11 is 0. The Morgan fingerprint density at radius 3 is 2.21 bits per heavy atom. The maximum absolute atomic E-state index is 3.26. The second kappa shape index (κ2) is 5.92. The lowest BCUT2D eigenvalue weighted by Crippen LogP contribution is -1.99. The van der Waals surface area contributed by atoms with Gasteiger partial charge in [-0.15, -0.1) is 0 Å². The maximum Gasteiger partial charge on any atom is 0.0370 e. The lowest BCUT2D eigenvalue weighted by Gasteiger charge is -2.15. The smallest absolute Gasteiger partial charge is 0.0370 e. The summed E-state index contributed by atoms with van der Waals surface area (Å²) in [5.41, 5.74) is 6.65. The Hall–Kier alpha value is -1.76. The molecule has 0 aliphatic carbocycles. The van der Waals surface area contributed by atoms with E-state index in [0.29, 0.717) is 5.92 Å². The van der Waals surface area contributed by atoms with Gasteiger partial charge in [0.2, 0.25) is 0 Å². The van der Waals surface area contributed by atoms with Gasteiger partial charge in [0, 0.05) is 18.7 Å². The highest BCUT2D eigenvalue weighted by atomic mass is 14.8. The highest BCUT2D eigenvalue weighted by molar-refractivity contribution is 5.53. The summed E-state index contributed by atoms with van der Waals surface area (Å²) in [5.74, 6) is 0.429. The molecule has 1 unspecified atom stereocenters. The molecule has 1 atom stereocenters. The van der Waals surface area contributed by atoms with Gasteiger partial charge in [0.1, 0.15) is 0 Å². The van der Waals surface area contributed by atoms with Crippen molar-refractivity contribution < 1.29 is 0 Å². The van der Waals surface area contributed by atoms with E-state index in [9.17, 15) is 0 Å². The summed E-state index contributed by atoms with van der Waals surface area (Å²) in [4.78, 5) is 0. The molecule has 0 saturated heterocycles. The molecule has 1 N–H and O–H groups in total. The molecule has 0 aliphatic heterocycles. The monoisotopic (exact) mass is 253 g/mol. The Morgan fingerprint density at radius 2 is 1.63 bits per heavy atom. The summed E-state index contributed by atoms with van der Waals surface area (Å²) in [5, 5.41) is 3.26. The van der Waals surface area contributed by atoms with Crippen LogP contribution in [-0.4, -0.2) is 7.05 Å². The average Bonchev–Trinajstić information content (AvgIpc) is 2.47. The van der Waals surface area contributed by atoms with Crippen molar-refractivity contribution in [1.29, 1.82) is 0 Å². The van der Waals surface area contributed by atoms with Crippen molar-refractivity contribution in [2.45, 2.75) is 33.1 Å². The van der Waals surface area contributed by atoms with Gasteiger partial charge in [0.25, 0.3) is 0 Å². The Kier molecular flexibility index (Phi) is 4.26. The Balaban J connectivity index is 2.29. The van der Waals surface area contributed by atoms with E-state index in [1.165, 1.54) is 27.9 Å². The first-order valence-electron chi connectivity index (χ1n) is 7.02. The van der Waals surface area contributed by atoms with E-state index in [2.05, 4.69) is 68.6 Å². The number of hydrogen-bond donors (Lipinski definition) is 1. The van der Waals surface area contributed by atoms with Gasteiger partial charge in [-0.3, -0.25) is 0 Å². The third-order valence-corrected chi connectivity index (χ3v) is 3.92. The number of hydrogen-bond acceptors (Lipinski definition) is 1. The van der Waals surface area contributed by atoms with Crippen LogP contribution in [0.2, 0.25) is 0 Å². The molecule has 0 heterocycles. The van der Waals surface area contributed by atoms with Gasteiger partial charge in [0.05, 0.1) is 0 Å². The molecule has 0 aromatic heterocycles. The molecule has 0 saturated carbocycles.